The molecule has 18 heavy (non-hydrogen) atoms. The van der Waals surface area contributed by atoms with Crippen LogP contribution >= 0.6 is 0 Å². The van der Waals surface area contributed by atoms with Gasteiger partial charge in [0, 0.05) is 5.56 Å². The third kappa shape index (κ3) is 1.61. The van der Waals surface area contributed by atoms with Crippen molar-refractivity contribution in [1.29, 1.82) is 0 Å². The Labute approximate surface area is 103 Å². The summed E-state index contributed by atoms with van der Waals surface area (Å²) in [5, 5.41) is 9.29. The van der Waals surface area contributed by atoms with Crippen LogP contribution < -0.4 is 0 Å². The number of halogens is 2. The van der Waals surface area contributed by atoms with Gasteiger partial charge in [0.1, 0.15) is 11.6 Å². The fraction of sp³-hybridized carbons (Fsp3) is 0.462. The molecule has 1 heterocycles. The Morgan fingerprint density at radius 2 is 2.00 bits per heavy atom. The number of carboxylic acids is 1. The van der Waals surface area contributed by atoms with Gasteiger partial charge in [-0.2, -0.15) is 0 Å². The smallest absolute Gasteiger partial charge is 0.310 e. The quantitative estimate of drug-likeness (QED) is 0.903. The minimum atomic E-state index is -1.24. The molecule has 1 aromatic rings. The molecule has 1 saturated heterocycles. The monoisotopic (exact) mass is 256 g/mol. The molecular weight excluding hydrogens is 242 g/mol. The van der Waals surface area contributed by atoms with E-state index in [9.17, 15) is 18.7 Å². The van der Waals surface area contributed by atoms with Gasteiger partial charge in [-0.05, 0) is 32.0 Å². The van der Waals surface area contributed by atoms with Gasteiger partial charge >= 0.3 is 5.97 Å². The van der Waals surface area contributed by atoms with Crippen LogP contribution in [-0.4, -0.2) is 24.3 Å². The fourth-order valence-corrected chi connectivity index (χ4v) is 2.23. The van der Waals surface area contributed by atoms with Crippen molar-refractivity contribution >= 4 is 5.97 Å². The first-order chi connectivity index (χ1) is 8.31. The van der Waals surface area contributed by atoms with E-state index in [1.807, 2.05) is 0 Å². The third-order valence-corrected chi connectivity index (χ3v) is 3.87. The van der Waals surface area contributed by atoms with E-state index in [0.29, 0.717) is 0 Å². The molecule has 3 nitrogen and oxygen atoms in total. The van der Waals surface area contributed by atoms with Crippen LogP contribution in [-0.2, 0) is 14.9 Å². The lowest BCUT2D eigenvalue weighted by atomic mass is 9.60. The Morgan fingerprint density at radius 3 is 2.44 bits per heavy atom. The Morgan fingerprint density at radius 1 is 1.39 bits per heavy atom. The molecule has 1 N–H and O–H groups in total. The second kappa shape index (κ2) is 4.02. The second-order valence-electron chi connectivity index (χ2n) is 5.13. The van der Waals surface area contributed by atoms with E-state index in [-0.39, 0.29) is 18.8 Å². The van der Waals surface area contributed by atoms with Gasteiger partial charge in [0.15, 0.2) is 0 Å². The molecule has 0 spiro atoms. The molecule has 1 aliphatic heterocycles. The first kappa shape index (κ1) is 13.0. The Balaban J connectivity index is 2.57. The summed E-state index contributed by atoms with van der Waals surface area (Å²) in [4.78, 5) is 11.4. The SMILES string of the molecule is CC(C)(C(=O)O)C1(c2cc(F)ccc2F)COC1. The maximum absolute atomic E-state index is 13.9. The number of hydrogen-bond acceptors (Lipinski definition) is 2. The molecule has 0 radical (unpaired) electrons. The number of hydrogen-bond donors (Lipinski definition) is 1. The van der Waals surface area contributed by atoms with Gasteiger partial charge in [-0.3, -0.25) is 4.79 Å². The zero-order valence-corrected chi connectivity index (χ0v) is 10.2. The van der Waals surface area contributed by atoms with E-state index in [2.05, 4.69) is 0 Å². The minimum absolute atomic E-state index is 0.0705. The van der Waals surface area contributed by atoms with E-state index >= 15 is 0 Å². The van der Waals surface area contributed by atoms with Gasteiger partial charge in [0.05, 0.1) is 24.0 Å². The van der Waals surface area contributed by atoms with E-state index in [4.69, 9.17) is 4.74 Å². The van der Waals surface area contributed by atoms with Crippen molar-refractivity contribution in [3.8, 4) is 0 Å². The summed E-state index contributed by atoms with van der Waals surface area (Å²) in [6.45, 7) is 3.16. The molecule has 1 aromatic carbocycles. The maximum atomic E-state index is 13.9. The summed E-state index contributed by atoms with van der Waals surface area (Å²) in [5.41, 5.74) is -2.19. The average molecular weight is 256 g/mol. The predicted molar refractivity (Wildman–Crippen MR) is 60.3 cm³/mol. The zero-order valence-electron chi connectivity index (χ0n) is 10.2. The molecule has 0 atom stereocenters. The highest BCUT2D eigenvalue weighted by atomic mass is 19.1. The van der Waals surface area contributed by atoms with E-state index in [1.165, 1.54) is 13.8 Å². The normalized spacial score (nSPS) is 18.2. The van der Waals surface area contributed by atoms with Crippen LogP contribution in [0.2, 0.25) is 0 Å². The van der Waals surface area contributed by atoms with Crippen molar-refractivity contribution < 1.29 is 23.4 Å². The maximum Gasteiger partial charge on any atom is 0.310 e. The lowest BCUT2D eigenvalue weighted by molar-refractivity contribution is -0.171. The van der Waals surface area contributed by atoms with E-state index in [0.717, 1.165) is 18.2 Å². The molecule has 0 saturated carbocycles. The van der Waals surface area contributed by atoms with Crippen molar-refractivity contribution in [1.82, 2.24) is 0 Å². The van der Waals surface area contributed by atoms with Crippen molar-refractivity contribution in [2.24, 2.45) is 5.41 Å². The highest BCUT2D eigenvalue weighted by Gasteiger charge is 2.57. The molecule has 0 amide bonds. The molecule has 0 aromatic heterocycles. The van der Waals surface area contributed by atoms with Crippen molar-refractivity contribution in [2.45, 2.75) is 19.3 Å². The largest absolute Gasteiger partial charge is 0.481 e. The van der Waals surface area contributed by atoms with Gasteiger partial charge in [-0.1, -0.05) is 0 Å². The number of benzene rings is 1. The van der Waals surface area contributed by atoms with Crippen LogP contribution in [0, 0.1) is 17.0 Å². The first-order valence-corrected chi connectivity index (χ1v) is 5.58. The number of rotatable bonds is 3. The number of carboxylic acid groups (broad SMARTS) is 1. The number of carbonyl (C=O) groups is 1. The highest BCUT2D eigenvalue weighted by Crippen LogP contribution is 2.48. The number of ether oxygens (including phenoxy) is 1. The first-order valence-electron chi connectivity index (χ1n) is 5.58. The van der Waals surface area contributed by atoms with Gasteiger partial charge in [0.25, 0.3) is 0 Å². The van der Waals surface area contributed by atoms with Crippen LogP contribution in [0.1, 0.15) is 19.4 Å². The Hall–Kier alpha value is -1.49. The summed E-state index contributed by atoms with van der Waals surface area (Å²) in [6, 6.07) is 3.09. The second-order valence-corrected chi connectivity index (χ2v) is 5.13. The Bertz CT molecular complexity index is 493. The van der Waals surface area contributed by atoms with E-state index in [1.54, 1.807) is 0 Å². The molecule has 1 aliphatic rings. The lowest BCUT2D eigenvalue weighted by Crippen LogP contribution is -2.60. The summed E-state index contributed by atoms with van der Waals surface area (Å²) in [6.07, 6.45) is 0. The third-order valence-electron chi connectivity index (χ3n) is 3.87. The van der Waals surface area contributed by atoms with Crippen molar-refractivity contribution in [3.63, 3.8) is 0 Å². The fourth-order valence-electron chi connectivity index (χ4n) is 2.23. The van der Waals surface area contributed by atoms with Gasteiger partial charge in [0.2, 0.25) is 0 Å². The molecule has 2 rings (SSSR count). The average Bonchev–Trinajstić information content (AvgIpc) is 2.21. The van der Waals surface area contributed by atoms with Crippen LogP contribution in [0.15, 0.2) is 18.2 Å². The minimum Gasteiger partial charge on any atom is -0.481 e. The molecule has 0 bridgehead atoms. The predicted octanol–water partition coefficient (Wildman–Crippen LogP) is 2.34. The van der Waals surface area contributed by atoms with Gasteiger partial charge in [-0.15, -0.1) is 0 Å². The molecule has 5 heteroatoms. The van der Waals surface area contributed by atoms with E-state index < -0.39 is 28.4 Å². The number of aliphatic carboxylic acids is 1. The van der Waals surface area contributed by atoms with Gasteiger partial charge < -0.3 is 9.84 Å². The Kier molecular flexibility index (Phi) is 2.89. The van der Waals surface area contributed by atoms with Crippen LogP contribution in [0.5, 0.6) is 0 Å². The molecule has 0 unspecified atom stereocenters. The van der Waals surface area contributed by atoms with Crippen molar-refractivity contribution in [3.05, 3.63) is 35.4 Å². The van der Waals surface area contributed by atoms with Crippen LogP contribution in [0.4, 0.5) is 8.78 Å². The summed E-state index contributed by atoms with van der Waals surface area (Å²) in [5.74, 6) is -2.25. The van der Waals surface area contributed by atoms with Crippen molar-refractivity contribution in [2.75, 3.05) is 13.2 Å². The summed E-state index contributed by atoms with van der Waals surface area (Å²) < 4.78 is 32.2. The molecule has 0 aliphatic carbocycles. The lowest BCUT2D eigenvalue weighted by Gasteiger charge is -2.50. The molecule has 1 fully saturated rings. The topological polar surface area (TPSA) is 46.5 Å². The van der Waals surface area contributed by atoms with Gasteiger partial charge in [-0.25, -0.2) is 8.78 Å². The summed E-state index contributed by atoms with van der Waals surface area (Å²) >= 11 is 0. The summed E-state index contributed by atoms with van der Waals surface area (Å²) in [7, 11) is 0. The van der Waals surface area contributed by atoms with Crippen LogP contribution in [0.3, 0.4) is 0 Å². The molecule has 98 valence electrons. The van der Waals surface area contributed by atoms with Crippen LogP contribution in [0.25, 0.3) is 0 Å². The zero-order chi connectivity index (χ0) is 13.6. The molecular formula is C13H14F2O3. The highest BCUT2D eigenvalue weighted by molar-refractivity contribution is 5.76. The standard InChI is InChI=1S/C13H14F2O3/c1-12(2,11(16)17)13(6-18-7-13)9-5-8(14)3-4-10(9)15/h3-5H,6-7H2,1-2H3,(H,16,17).